The van der Waals surface area contributed by atoms with Gasteiger partial charge in [-0.05, 0) is 49.1 Å². The molecule has 2 amide bonds. The first-order valence-electron chi connectivity index (χ1n) is 7.22. The highest BCUT2D eigenvalue weighted by molar-refractivity contribution is 5.93. The van der Waals surface area contributed by atoms with Gasteiger partial charge >= 0.3 is 0 Å². The molecule has 1 heterocycles. The molecule has 5 nitrogen and oxygen atoms in total. The minimum absolute atomic E-state index is 0.105. The summed E-state index contributed by atoms with van der Waals surface area (Å²) in [4.78, 5) is 27.5. The van der Waals surface area contributed by atoms with Crippen LogP contribution >= 0.6 is 0 Å². The summed E-state index contributed by atoms with van der Waals surface area (Å²) in [7, 11) is 0. The molecule has 0 radical (unpaired) electrons. The number of carbonyl (C=O) groups is 2. The lowest BCUT2D eigenvalue weighted by molar-refractivity contribution is -0.123. The van der Waals surface area contributed by atoms with Crippen molar-refractivity contribution >= 4 is 11.8 Å². The van der Waals surface area contributed by atoms with Crippen molar-refractivity contribution in [2.45, 2.75) is 32.1 Å². The third-order valence-corrected chi connectivity index (χ3v) is 4.55. The normalized spacial score (nSPS) is 27.3. The van der Waals surface area contributed by atoms with Crippen LogP contribution in [0.3, 0.4) is 0 Å². The van der Waals surface area contributed by atoms with Gasteiger partial charge in [0, 0.05) is 12.6 Å². The molecular weight excluding hydrogens is 254 g/mol. The number of carbonyl (C=O) groups excluding carboxylic acids is 2. The van der Waals surface area contributed by atoms with Crippen LogP contribution in [0, 0.1) is 17.8 Å². The molecule has 2 saturated carbocycles. The van der Waals surface area contributed by atoms with Crippen LogP contribution in [0.1, 0.15) is 42.6 Å². The molecule has 0 unspecified atom stereocenters. The second kappa shape index (κ2) is 5.61. The monoisotopic (exact) mass is 273 g/mol. The molecule has 3 rings (SSSR count). The number of hydrogen-bond acceptors (Lipinski definition) is 3. The van der Waals surface area contributed by atoms with E-state index in [1.807, 2.05) is 0 Å². The summed E-state index contributed by atoms with van der Waals surface area (Å²) in [5.74, 6) is 1.57. The summed E-state index contributed by atoms with van der Waals surface area (Å²) in [6.45, 7) is 0. The van der Waals surface area contributed by atoms with Crippen LogP contribution in [0.15, 0.2) is 24.4 Å². The predicted molar refractivity (Wildman–Crippen MR) is 73.4 cm³/mol. The summed E-state index contributed by atoms with van der Waals surface area (Å²) in [6.07, 6.45) is 7.13. The predicted octanol–water partition coefficient (Wildman–Crippen LogP) is 1.67. The van der Waals surface area contributed by atoms with Crippen molar-refractivity contribution in [3.05, 3.63) is 30.1 Å². The Morgan fingerprint density at radius 3 is 2.75 bits per heavy atom. The molecule has 20 heavy (non-hydrogen) atoms. The first-order chi connectivity index (χ1) is 9.72. The fourth-order valence-electron chi connectivity index (χ4n) is 3.60. The van der Waals surface area contributed by atoms with Crippen LogP contribution < -0.4 is 10.9 Å². The van der Waals surface area contributed by atoms with E-state index in [-0.39, 0.29) is 11.8 Å². The number of amides is 2. The van der Waals surface area contributed by atoms with Crippen molar-refractivity contribution in [2.24, 2.45) is 17.8 Å². The third-order valence-electron chi connectivity index (χ3n) is 4.55. The maximum absolute atomic E-state index is 11.9. The van der Waals surface area contributed by atoms with E-state index >= 15 is 0 Å². The molecule has 5 heteroatoms. The van der Waals surface area contributed by atoms with Crippen LogP contribution in [0.2, 0.25) is 0 Å². The maximum atomic E-state index is 11.9. The third kappa shape index (κ3) is 2.81. The van der Waals surface area contributed by atoms with E-state index in [1.165, 1.54) is 25.7 Å². The number of hydrogen-bond donors (Lipinski definition) is 2. The van der Waals surface area contributed by atoms with Crippen LogP contribution in [0.5, 0.6) is 0 Å². The van der Waals surface area contributed by atoms with Gasteiger partial charge in [0.05, 0.1) is 0 Å². The number of aromatic nitrogens is 1. The van der Waals surface area contributed by atoms with Gasteiger partial charge < -0.3 is 0 Å². The Morgan fingerprint density at radius 2 is 2.10 bits per heavy atom. The molecule has 0 aromatic carbocycles. The molecule has 2 aliphatic carbocycles. The van der Waals surface area contributed by atoms with Gasteiger partial charge in [0.15, 0.2) is 0 Å². The number of fused-ring (bicyclic) bond motifs is 2. The van der Waals surface area contributed by atoms with Gasteiger partial charge in [-0.1, -0.05) is 12.5 Å². The number of hydrazine groups is 1. The van der Waals surface area contributed by atoms with Crippen LogP contribution in [-0.4, -0.2) is 16.8 Å². The average Bonchev–Trinajstić information content (AvgIpc) is 3.08. The Bertz CT molecular complexity index is 503. The van der Waals surface area contributed by atoms with Crippen molar-refractivity contribution in [3.8, 4) is 0 Å². The molecule has 0 saturated heterocycles. The van der Waals surface area contributed by atoms with Crippen LogP contribution in [-0.2, 0) is 4.79 Å². The standard InChI is InChI=1S/C15H19N3O2/c19-14(9-12-8-10-4-5-11(12)7-10)17-18-15(20)13-3-1-2-6-16-13/h1-3,6,10-12H,4-5,7-9H2,(H,17,19)(H,18,20)/t10-,11+,12+/m0/s1. The molecule has 2 aliphatic rings. The van der Waals surface area contributed by atoms with Crippen molar-refractivity contribution in [1.29, 1.82) is 0 Å². The molecule has 2 fully saturated rings. The molecule has 2 N–H and O–H groups in total. The Hall–Kier alpha value is -1.91. The quantitative estimate of drug-likeness (QED) is 0.823. The smallest absolute Gasteiger partial charge is 0.273 e. The summed E-state index contributed by atoms with van der Waals surface area (Å²) >= 11 is 0. The molecule has 0 spiro atoms. The highest BCUT2D eigenvalue weighted by Crippen LogP contribution is 2.49. The lowest BCUT2D eigenvalue weighted by Gasteiger charge is -2.20. The Morgan fingerprint density at radius 1 is 1.20 bits per heavy atom. The molecule has 1 aromatic heterocycles. The zero-order valence-electron chi connectivity index (χ0n) is 11.3. The SMILES string of the molecule is O=C(C[C@H]1C[C@H]2CC[C@@H]1C2)NNC(=O)c1ccccn1. The van der Waals surface area contributed by atoms with Gasteiger partial charge in [0.2, 0.25) is 5.91 Å². The van der Waals surface area contributed by atoms with Gasteiger partial charge in [-0.3, -0.25) is 25.4 Å². The maximum Gasteiger partial charge on any atom is 0.288 e. The second-order valence-corrected chi connectivity index (χ2v) is 5.86. The Labute approximate surface area is 118 Å². The summed E-state index contributed by atoms with van der Waals surface area (Å²) in [6, 6.07) is 5.08. The average molecular weight is 273 g/mol. The highest BCUT2D eigenvalue weighted by Gasteiger charge is 2.40. The minimum Gasteiger partial charge on any atom is -0.273 e. The molecule has 3 atom stereocenters. The van der Waals surface area contributed by atoms with Gasteiger partial charge in [-0.2, -0.15) is 0 Å². The number of nitrogens with zero attached hydrogens (tertiary/aromatic N) is 1. The molecule has 2 bridgehead atoms. The van der Waals surface area contributed by atoms with E-state index in [1.54, 1.807) is 24.4 Å². The molecule has 1 aromatic rings. The van der Waals surface area contributed by atoms with Crippen LogP contribution in [0.4, 0.5) is 0 Å². The minimum atomic E-state index is -0.383. The van der Waals surface area contributed by atoms with E-state index in [2.05, 4.69) is 15.8 Å². The molecule has 106 valence electrons. The fraction of sp³-hybridized carbons (Fsp3) is 0.533. The zero-order valence-corrected chi connectivity index (χ0v) is 11.3. The molecule has 0 aliphatic heterocycles. The largest absolute Gasteiger partial charge is 0.288 e. The van der Waals surface area contributed by atoms with Gasteiger partial charge in [0.25, 0.3) is 5.91 Å². The topological polar surface area (TPSA) is 71.1 Å². The van der Waals surface area contributed by atoms with E-state index < -0.39 is 0 Å². The first-order valence-corrected chi connectivity index (χ1v) is 7.22. The lowest BCUT2D eigenvalue weighted by atomic mass is 9.86. The van der Waals surface area contributed by atoms with E-state index in [9.17, 15) is 9.59 Å². The summed E-state index contributed by atoms with van der Waals surface area (Å²) < 4.78 is 0. The number of rotatable bonds is 3. The van der Waals surface area contributed by atoms with Crippen LogP contribution in [0.25, 0.3) is 0 Å². The number of nitrogens with one attached hydrogen (secondary N) is 2. The van der Waals surface area contributed by atoms with Gasteiger partial charge in [-0.25, -0.2) is 0 Å². The zero-order chi connectivity index (χ0) is 13.9. The molecular formula is C15H19N3O2. The van der Waals surface area contributed by atoms with E-state index in [4.69, 9.17) is 0 Å². The van der Waals surface area contributed by atoms with Crippen molar-refractivity contribution in [1.82, 2.24) is 15.8 Å². The van der Waals surface area contributed by atoms with E-state index in [0.29, 0.717) is 18.0 Å². The Kier molecular flexibility index (Phi) is 3.67. The van der Waals surface area contributed by atoms with E-state index in [0.717, 1.165) is 11.8 Å². The van der Waals surface area contributed by atoms with Crippen molar-refractivity contribution in [3.63, 3.8) is 0 Å². The van der Waals surface area contributed by atoms with Crippen molar-refractivity contribution < 1.29 is 9.59 Å². The van der Waals surface area contributed by atoms with Crippen molar-refractivity contribution in [2.75, 3.05) is 0 Å². The number of pyridine rings is 1. The van der Waals surface area contributed by atoms with Gasteiger partial charge in [0.1, 0.15) is 5.69 Å². The first kappa shape index (κ1) is 13.1. The summed E-state index contributed by atoms with van der Waals surface area (Å²) in [5, 5.41) is 0. The highest BCUT2D eigenvalue weighted by atomic mass is 16.2. The Balaban J connectivity index is 1.44. The van der Waals surface area contributed by atoms with Gasteiger partial charge in [-0.15, -0.1) is 0 Å². The second-order valence-electron chi connectivity index (χ2n) is 5.86. The summed E-state index contributed by atoms with van der Waals surface area (Å²) in [5.41, 5.74) is 5.20. The lowest BCUT2D eigenvalue weighted by Crippen LogP contribution is -2.42. The fourth-order valence-corrected chi connectivity index (χ4v) is 3.60.